The molecule has 0 radical (unpaired) electrons. The van der Waals surface area contributed by atoms with Crippen LogP contribution in [0.1, 0.15) is 34.0 Å². The van der Waals surface area contributed by atoms with Gasteiger partial charge in [0.1, 0.15) is 0 Å². The molecule has 0 spiro atoms. The minimum atomic E-state index is 0.0247. The number of alkyl halides is 1. The SMILES string of the molecule is CC(CNCc1ccccc1)N(O)Cc1ccc(C(Br)c2ccccc2)cc1. The highest BCUT2D eigenvalue weighted by molar-refractivity contribution is 9.09. The quantitative estimate of drug-likeness (QED) is 0.340. The average molecular weight is 439 g/mol. The molecule has 0 bridgehead atoms. The summed E-state index contributed by atoms with van der Waals surface area (Å²) in [5, 5.41) is 15.2. The van der Waals surface area contributed by atoms with Crippen molar-refractivity contribution in [3.8, 4) is 0 Å². The van der Waals surface area contributed by atoms with E-state index < -0.39 is 0 Å². The Hall–Kier alpha value is -1.98. The lowest BCUT2D eigenvalue weighted by Crippen LogP contribution is -2.37. The van der Waals surface area contributed by atoms with E-state index in [1.807, 2.05) is 31.2 Å². The zero-order valence-corrected chi connectivity index (χ0v) is 17.7. The first-order chi connectivity index (χ1) is 13.6. The predicted molar refractivity (Wildman–Crippen MR) is 119 cm³/mol. The lowest BCUT2D eigenvalue weighted by atomic mass is 10.0. The zero-order valence-electron chi connectivity index (χ0n) is 16.1. The number of hydrogen-bond acceptors (Lipinski definition) is 3. The Morgan fingerprint density at radius 1 is 0.821 bits per heavy atom. The van der Waals surface area contributed by atoms with E-state index in [0.717, 1.165) is 18.7 Å². The van der Waals surface area contributed by atoms with Crippen molar-refractivity contribution in [3.05, 3.63) is 107 Å². The first-order valence-electron chi connectivity index (χ1n) is 9.61. The number of hydroxylamine groups is 2. The minimum Gasteiger partial charge on any atom is -0.313 e. The first-order valence-corrected chi connectivity index (χ1v) is 10.5. The topological polar surface area (TPSA) is 35.5 Å². The van der Waals surface area contributed by atoms with Gasteiger partial charge in [-0.15, -0.1) is 0 Å². The minimum absolute atomic E-state index is 0.0247. The van der Waals surface area contributed by atoms with E-state index >= 15 is 0 Å². The Labute approximate surface area is 176 Å². The molecule has 0 aliphatic carbocycles. The normalized spacial score (nSPS) is 13.4. The molecule has 0 amide bonds. The number of benzene rings is 3. The maximum absolute atomic E-state index is 10.4. The van der Waals surface area contributed by atoms with Gasteiger partial charge in [0, 0.05) is 25.7 Å². The Balaban J connectivity index is 1.49. The van der Waals surface area contributed by atoms with Crippen molar-refractivity contribution >= 4 is 15.9 Å². The summed E-state index contributed by atoms with van der Waals surface area (Å²) in [6.45, 7) is 4.06. The maximum atomic E-state index is 10.4. The van der Waals surface area contributed by atoms with Crippen molar-refractivity contribution in [1.29, 1.82) is 0 Å². The van der Waals surface area contributed by atoms with Gasteiger partial charge in [0.25, 0.3) is 0 Å². The summed E-state index contributed by atoms with van der Waals surface area (Å²) >= 11 is 3.77. The van der Waals surface area contributed by atoms with Crippen LogP contribution >= 0.6 is 15.9 Å². The van der Waals surface area contributed by atoms with E-state index in [4.69, 9.17) is 0 Å². The van der Waals surface area contributed by atoms with Gasteiger partial charge in [-0.05, 0) is 29.2 Å². The van der Waals surface area contributed by atoms with Crippen molar-refractivity contribution in [2.45, 2.75) is 30.9 Å². The van der Waals surface area contributed by atoms with Crippen LogP contribution in [0.15, 0.2) is 84.9 Å². The third-order valence-electron chi connectivity index (χ3n) is 4.83. The molecule has 3 aromatic carbocycles. The molecule has 2 N–H and O–H groups in total. The van der Waals surface area contributed by atoms with Crippen LogP contribution in [0.3, 0.4) is 0 Å². The molecule has 4 heteroatoms. The average Bonchev–Trinajstić information content (AvgIpc) is 2.75. The molecule has 3 nitrogen and oxygen atoms in total. The molecule has 0 aliphatic rings. The smallest absolute Gasteiger partial charge is 0.0644 e. The lowest BCUT2D eigenvalue weighted by molar-refractivity contribution is -0.129. The Morgan fingerprint density at radius 3 is 2.04 bits per heavy atom. The number of nitrogens with zero attached hydrogens (tertiary/aromatic N) is 1. The molecule has 3 aromatic rings. The Bertz CT molecular complexity index is 824. The second-order valence-corrected chi connectivity index (χ2v) is 7.99. The molecule has 28 heavy (non-hydrogen) atoms. The molecular weight excluding hydrogens is 412 g/mol. The van der Waals surface area contributed by atoms with Crippen LogP contribution in [0.2, 0.25) is 0 Å². The lowest BCUT2D eigenvalue weighted by Gasteiger charge is -2.23. The monoisotopic (exact) mass is 438 g/mol. The molecular formula is C24H27BrN2O. The van der Waals surface area contributed by atoms with E-state index in [0.29, 0.717) is 6.54 Å². The van der Waals surface area contributed by atoms with Crippen LogP contribution in [-0.2, 0) is 13.1 Å². The molecule has 0 saturated heterocycles. The molecule has 0 aromatic heterocycles. The second kappa shape index (κ2) is 10.5. The van der Waals surface area contributed by atoms with Gasteiger partial charge in [-0.3, -0.25) is 0 Å². The first kappa shape index (κ1) is 20.7. The Kier molecular flexibility index (Phi) is 7.80. The number of nitrogens with one attached hydrogen (secondary N) is 1. The van der Waals surface area contributed by atoms with Gasteiger partial charge >= 0.3 is 0 Å². The summed E-state index contributed by atoms with van der Waals surface area (Å²) in [6.07, 6.45) is 0. The number of hydrogen-bond donors (Lipinski definition) is 2. The Morgan fingerprint density at radius 2 is 1.39 bits per heavy atom. The van der Waals surface area contributed by atoms with E-state index in [1.54, 1.807) is 0 Å². The van der Waals surface area contributed by atoms with Gasteiger partial charge in [-0.25, -0.2) is 0 Å². The van der Waals surface area contributed by atoms with E-state index in [2.05, 4.69) is 81.9 Å². The number of halogens is 1. The van der Waals surface area contributed by atoms with Crippen molar-refractivity contribution in [1.82, 2.24) is 10.4 Å². The van der Waals surface area contributed by atoms with Gasteiger partial charge in [0.05, 0.1) is 4.83 Å². The van der Waals surface area contributed by atoms with Crippen molar-refractivity contribution in [2.75, 3.05) is 6.54 Å². The molecule has 0 fully saturated rings. The van der Waals surface area contributed by atoms with Crippen molar-refractivity contribution in [3.63, 3.8) is 0 Å². The van der Waals surface area contributed by atoms with E-state index in [9.17, 15) is 5.21 Å². The molecule has 0 aliphatic heterocycles. The highest BCUT2D eigenvalue weighted by Crippen LogP contribution is 2.30. The molecule has 0 heterocycles. The van der Waals surface area contributed by atoms with Gasteiger partial charge in [-0.1, -0.05) is 101 Å². The predicted octanol–water partition coefficient (Wildman–Crippen LogP) is 5.54. The second-order valence-electron chi connectivity index (χ2n) is 7.08. The van der Waals surface area contributed by atoms with Crippen molar-refractivity contribution < 1.29 is 5.21 Å². The van der Waals surface area contributed by atoms with Crippen LogP contribution in [-0.4, -0.2) is 22.9 Å². The van der Waals surface area contributed by atoms with Crippen molar-refractivity contribution in [2.24, 2.45) is 0 Å². The third-order valence-corrected chi connectivity index (χ3v) is 5.89. The van der Waals surface area contributed by atoms with Crippen LogP contribution in [0.25, 0.3) is 0 Å². The molecule has 2 atom stereocenters. The van der Waals surface area contributed by atoms with Crippen LogP contribution in [0.4, 0.5) is 0 Å². The highest BCUT2D eigenvalue weighted by atomic mass is 79.9. The standard InChI is InChI=1S/C24H27BrN2O/c1-19(16-26-17-20-8-4-2-5-9-20)27(28)18-21-12-14-23(15-13-21)24(25)22-10-6-3-7-11-22/h2-15,19,24,26,28H,16-18H2,1H3. The molecule has 2 unspecified atom stereocenters. The zero-order chi connectivity index (χ0) is 19.8. The highest BCUT2D eigenvalue weighted by Gasteiger charge is 2.13. The van der Waals surface area contributed by atoms with Crippen LogP contribution < -0.4 is 5.32 Å². The third kappa shape index (κ3) is 6.01. The summed E-state index contributed by atoms with van der Waals surface area (Å²) in [5.74, 6) is 0. The summed E-state index contributed by atoms with van der Waals surface area (Å²) in [5.41, 5.74) is 4.78. The maximum Gasteiger partial charge on any atom is 0.0644 e. The van der Waals surface area contributed by atoms with Crippen LogP contribution in [0.5, 0.6) is 0 Å². The summed E-state index contributed by atoms with van der Waals surface area (Å²) < 4.78 is 0. The fourth-order valence-corrected chi connectivity index (χ4v) is 3.69. The fraction of sp³-hybridized carbons (Fsp3) is 0.250. The molecule has 0 saturated carbocycles. The van der Waals surface area contributed by atoms with Gasteiger partial charge in [0.15, 0.2) is 0 Å². The summed E-state index contributed by atoms with van der Waals surface area (Å²) in [7, 11) is 0. The van der Waals surface area contributed by atoms with E-state index in [1.165, 1.54) is 21.8 Å². The van der Waals surface area contributed by atoms with Crippen LogP contribution in [0, 0.1) is 0 Å². The number of rotatable bonds is 9. The van der Waals surface area contributed by atoms with Gasteiger partial charge < -0.3 is 10.5 Å². The summed E-state index contributed by atoms with van der Waals surface area (Å²) in [4.78, 5) is 0.175. The fourth-order valence-electron chi connectivity index (χ4n) is 3.08. The summed E-state index contributed by atoms with van der Waals surface area (Å²) in [6, 6.07) is 29.1. The van der Waals surface area contributed by atoms with E-state index in [-0.39, 0.29) is 10.9 Å². The van der Waals surface area contributed by atoms with Gasteiger partial charge in [0.2, 0.25) is 0 Å². The largest absolute Gasteiger partial charge is 0.313 e. The molecule has 146 valence electrons. The van der Waals surface area contributed by atoms with Gasteiger partial charge in [-0.2, -0.15) is 5.06 Å². The molecule has 3 rings (SSSR count).